The molecule has 4 N–H and O–H groups in total. The summed E-state index contributed by atoms with van der Waals surface area (Å²) in [4.78, 5) is 67.2. The number of piperidine rings is 3. The van der Waals surface area contributed by atoms with Gasteiger partial charge in [-0.15, -0.1) is 0 Å². The monoisotopic (exact) mass is 752 g/mol. The number of hydrogen-bond donors (Lipinski definition) is 3. The first-order chi connectivity index (χ1) is 26.6. The fourth-order valence-electron chi connectivity index (χ4n) is 7.57. The van der Waals surface area contributed by atoms with Crippen molar-refractivity contribution < 1.29 is 28.3 Å². The molecule has 0 saturated carbocycles. The predicted octanol–water partition coefficient (Wildman–Crippen LogP) is 3.83. The Balaban J connectivity index is 0.929. The summed E-state index contributed by atoms with van der Waals surface area (Å²) in [5.74, 6) is -1.00. The smallest absolute Gasteiger partial charge is 0.259 e. The van der Waals surface area contributed by atoms with E-state index in [0.717, 1.165) is 31.1 Å². The van der Waals surface area contributed by atoms with Crippen molar-refractivity contribution in [3.63, 3.8) is 0 Å². The van der Waals surface area contributed by atoms with Crippen molar-refractivity contribution in [1.29, 1.82) is 0 Å². The van der Waals surface area contributed by atoms with Crippen LogP contribution in [0.4, 0.5) is 10.2 Å². The molecule has 0 spiro atoms. The van der Waals surface area contributed by atoms with Crippen LogP contribution >= 0.6 is 0 Å². The Hall–Kier alpha value is -5.93. The lowest BCUT2D eigenvalue weighted by Gasteiger charge is -2.35. The number of halogens is 1. The largest absolute Gasteiger partial charge is 0.490 e. The predicted molar refractivity (Wildman–Crippen MR) is 201 cm³/mol. The summed E-state index contributed by atoms with van der Waals surface area (Å²) in [5.41, 5.74) is 7.56. The number of pyridine rings is 1. The van der Waals surface area contributed by atoms with Crippen LogP contribution in [0, 0.1) is 11.7 Å². The van der Waals surface area contributed by atoms with Crippen LogP contribution < -0.4 is 26.0 Å². The van der Waals surface area contributed by atoms with Gasteiger partial charge in [-0.1, -0.05) is 0 Å². The molecule has 15 nitrogen and oxygen atoms in total. The number of carbonyl (C=O) groups is 4. The SMILES string of the molecule is CC(C)Oc1cc2nn(C3CCN(C(=O)CC4CCN(c5ncc(C6CCC(=O)NC6=O)cc5F)CC4)CC3)cc2cc1C(=O)N/C(=C/N)c1ncccn1. The summed E-state index contributed by atoms with van der Waals surface area (Å²) < 4.78 is 23.1. The van der Waals surface area contributed by atoms with E-state index in [9.17, 15) is 19.2 Å². The first-order valence-electron chi connectivity index (χ1n) is 18.8. The number of nitrogens with one attached hydrogen (secondary N) is 2. The number of nitrogens with two attached hydrogens (primary N) is 1. The summed E-state index contributed by atoms with van der Waals surface area (Å²) >= 11 is 0. The van der Waals surface area contributed by atoms with E-state index in [2.05, 4.69) is 25.6 Å². The molecule has 3 aromatic heterocycles. The van der Waals surface area contributed by atoms with Crippen molar-refractivity contribution in [3.8, 4) is 5.75 Å². The number of nitrogens with zero attached hydrogens (tertiary/aromatic N) is 7. The molecule has 4 aromatic rings. The van der Waals surface area contributed by atoms with Gasteiger partial charge in [0.2, 0.25) is 17.7 Å². The van der Waals surface area contributed by atoms with Crippen LogP contribution in [-0.4, -0.2) is 85.5 Å². The van der Waals surface area contributed by atoms with Gasteiger partial charge >= 0.3 is 0 Å². The molecule has 55 heavy (non-hydrogen) atoms. The Kier molecular flexibility index (Phi) is 11.0. The summed E-state index contributed by atoms with van der Waals surface area (Å²) in [5, 5.41) is 10.7. The minimum absolute atomic E-state index is 0.0808. The molecule has 0 radical (unpaired) electrons. The number of amides is 4. The highest BCUT2D eigenvalue weighted by atomic mass is 19.1. The van der Waals surface area contributed by atoms with Gasteiger partial charge in [0.15, 0.2) is 17.5 Å². The molecule has 0 aliphatic carbocycles. The van der Waals surface area contributed by atoms with Crippen molar-refractivity contribution in [3.05, 3.63) is 78.0 Å². The Labute approximate surface area is 317 Å². The van der Waals surface area contributed by atoms with Crippen molar-refractivity contribution >= 4 is 46.0 Å². The Morgan fingerprint density at radius 1 is 1.04 bits per heavy atom. The van der Waals surface area contributed by atoms with Crippen LogP contribution in [0.3, 0.4) is 0 Å². The van der Waals surface area contributed by atoms with Crippen LogP contribution in [0.15, 0.2) is 55.3 Å². The van der Waals surface area contributed by atoms with Gasteiger partial charge in [0.25, 0.3) is 5.91 Å². The van der Waals surface area contributed by atoms with Gasteiger partial charge < -0.3 is 25.6 Å². The number of benzene rings is 1. The second-order valence-corrected chi connectivity index (χ2v) is 14.6. The molecule has 16 heteroatoms. The Morgan fingerprint density at radius 2 is 1.78 bits per heavy atom. The number of rotatable bonds is 10. The number of ether oxygens (including phenoxy) is 1. The summed E-state index contributed by atoms with van der Waals surface area (Å²) in [6, 6.07) is 6.64. The highest BCUT2D eigenvalue weighted by Gasteiger charge is 2.32. The number of hydrogen-bond acceptors (Lipinski definition) is 11. The van der Waals surface area contributed by atoms with Crippen LogP contribution in [0.2, 0.25) is 0 Å². The highest BCUT2D eigenvalue weighted by molar-refractivity contribution is 6.04. The molecular formula is C39H45FN10O5. The topological polar surface area (TPSA) is 191 Å². The van der Waals surface area contributed by atoms with Crippen LogP contribution in [0.25, 0.3) is 16.6 Å². The maximum atomic E-state index is 15.2. The van der Waals surface area contributed by atoms with E-state index in [0.29, 0.717) is 61.4 Å². The highest BCUT2D eigenvalue weighted by Crippen LogP contribution is 2.33. The summed E-state index contributed by atoms with van der Waals surface area (Å²) in [7, 11) is 0. The molecule has 3 aliphatic rings. The molecule has 4 amide bonds. The van der Waals surface area contributed by atoms with Crippen LogP contribution in [0.1, 0.15) is 92.5 Å². The zero-order valence-corrected chi connectivity index (χ0v) is 30.9. The van der Waals surface area contributed by atoms with E-state index in [-0.39, 0.29) is 53.6 Å². The second kappa shape index (κ2) is 16.2. The van der Waals surface area contributed by atoms with Crippen molar-refractivity contribution in [2.24, 2.45) is 11.7 Å². The maximum Gasteiger partial charge on any atom is 0.259 e. The molecule has 3 aliphatic heterocycles. The third-order valence-corrected chi connectivity index (χ3v) is 10.5. The van der Waals surface area contributed by atoms with Gasteiger partial charge in [0, 0.05) is 81.5 Å². The molecule has 7 rings (SSSR count). The van der Waals surface area contributed by atoms with E-state index < -0.39 is 23.5 Å². The van der Waals surface area contributed by atoms with E-state index in [4.69, 9.17) is 15.6 Å². The third kappa shape index (κ3) is 8.42. The molecule has 0 bridgehead atoms. The first kappa shape index (κ1) is 37.4. The average Bonchev–Trinajstić information content (AvgIpc) is 3.60. The standard InChI is InChI=1S/C39H45FN10O5/c1-23(2)55-33-19-31-26(17-29(33)39(54)45-32(20-41)36-42-10-3-11-43-36)22-50(47-31)27-8-14-48(15-9-27)35(52)16-24-6-12-49(13-7-24)37-30(40)18-25(21-44-37)28-4-5-34(51)46-38(28)53/h3,10-11,17-24,27-28H,4-9,12-16,41H2,1-2H3,(H,45,54)(H,46,51,53)/b32-20+. The number of aromatic nitrogens is 5. The van der Waals surface area contributed by atoms with Gasteiger partial charge in [0.05, 0.1) is 29.1 Å². The summed E-state index contributed by atoms with van der Waals surface area (Å²) in [6.45, 7) is 6.15. The van der Waals surface area contributed by atoms with Crippen molar-refractivity contribution in [1.82, 2.24) is 40.3 Å². The molecule has 288 valence electrons. The van der Waals surface area contributed by atoms with Gasteiger partial charge in [-0.25, -0.2) is 19.3 Å². The molecular weight excluding hydrogens is 707 g/mol. The van der Waals surface area contributed by atoms with Gasteiger partial charge in [0.1, 0.15) is 11.4 Å². The van der Waals surface area contributed by atoms with E-state index in [1.807, 2.05) is 34.5 Å². The second-order valence-electron chi connectivity index (χ2n) is 14.6. The first-order valence-corrected chi connectivity index (χ1v) is 18.8. The number of imide groups is 1. The minimum Gasteiger partial charge on any atom is -0.490 e. The number of likely N-dealkylation sites (tertiary alicyclic amines) is 1. The van der Waals surface area contributed by atoms with Gasteiger partial charge in [-0.05, 0) is 75.6 Å². The number of anilines is 1. The molecule has 1 aromatic carbocycles. The minimum atomic E-state index is -0.591. The zero-order valence-electron chi connectivity index (χ0n) is 30.9. The zero-order chi connectivity index (χ0) is 38.6. The summed E-state index contributed by atoms with van der Waals surface area (Å²) in [6.07, 6.45) is 11.6. The lowest BCUT2D eigenvalue weighted by atomic mass is 9.91. The fourth-order valence-corrected chi connectivity index (χ4v) is 7.57. The quantitative estimate of drug-likeness (QED) is 0.200. The van der Waals surface area contributed by atoms with Gasteiger partial charge in [-0.2, -0.15) is 5.10 Å². The normalized spacial score (nSPS) is 18.8. The molecule has 1 unspecified atom stereocenters. The van der Waals surface area contributed by atoms with Crippen molar-refractivity contribution in [2.45, 2.75) is 76.9 Å². The van der Waals surface area contributed by atoms with Crippen molar-refractivity contribution in [2.75, 3.05) is 31.1 Å². The van der Waals surface area contributed by atoms with Crippen LogP contribution in [0.5, 0.6) is 5.75 Å². The van der Waals surface area contributed by atoms with Crippen LogP contribution in [-0.2, 0) is 14.4 Å². The van der Waals surface area contributed by atoms with E-state index in [1.54, 1.807) is 30.6 Å². The Bertz CT molecular complexity index is 2110. The molecule has 3 saturated heterocycles. The number of carbonyl (C=O) groups excluding carboxylic acids is 4. The average molecular weight is 753 g/mol. The van der Waals surface area contributed by atoms with E-state index >= 15 is 4.39 Å². The van der Waals surface area contributed by atoms with Gasteiger partial charge in [-0.3, -0.25) is 29.2 Å². The molecule has 1 atom stereocenters. The van der Waals surface area contributed by atoms with E-state index in [1.165, 1.54) is 18.5 Å². The third-order valence-electron chi connectivity index (χ3n) is 10.5. The Morgan fingerprint density at radius 3 is 2.45 bits per heavy atom. The molecule has 6 heterocycles. The lowest BCUT2D eigenvalue weighted by Crippen LogP contribution is -2.41. The lowest BCUT2D eigenvalue weighted by molar-refractivity contribution is -0.135. The maximum absolute atomic E-state index is 15.2. The molecule has 3 fully saturated rings. The number of fused-ring (bicyclic) bond motifs is 1. The fraction of sp³-hybridized carbons (Fsp3) is 0.436.